The number of aryl methyl sites for hydroxylation is 1. The summed E-state index contributed by atoms with van der Waals surface area (Å²) in [6.07, 6.45) is 6.77. The van der Waals surface area contributed by atoms with Gasteiger partial charge in [0.25, 0.3) is 0 Å². The van der Waals surface area contributed by atoms with E-state index in [-0.39, 0.29) is 0 Å². The van der Waals surface area contributed by atoms with Crippen LogP contribution in [0.5, 0.6) is 5.75 Å². The first kappa shape index (κ1) is 27.0. The number of fused-ring (bicyclic) bond motifs is 2. The van der Waals surface area contributed by atoms with Gasteiger partial charge in [0.15, 0.2) is 0 Å². The van der Waals surface area contributed by atoms with E-state index < -0.39 is 0 Å². The number of rotatable bonds is 11. The van der Waals surface area contributed by atoms with Gasteiger partial charge in [-0.2, -0.15) is 0 Å². The molecule has 0 bridgehead atoms. The number of hydrogen-bond donors (Lipinski definition) is 2. The van der Waals surface area contributed by atoms with Crippen LogP contribution in [0.2, 0.25) is 0 Å². The van der Waals surface area contributed by atoms with E-state index in [1.54, 1.807) is 6.33 Å². The average molecular weight is 547 g/mol. The lowest BCUT2D eigenvalue weighted by Gasteiger charge is -2.32. The molecular formula is C34H38N6O. The Labute approximate surface area is 242 Å². The number of hydrogen-bond acceptors (Lipinski definition) is 7. The monoisotopic (exact) mass is 546 g/mol. The molecule has 3 heterocycles. The van der Waals surface area contributed by atoms with Crippen molar-refractivity contribution in [3.8, 4) is 5.75 Å². The fourth-order valence-electron chi connectivity index (χ4n) is 5.66. The Kier molecular flexibility index (Phi) is 8.52. The minimum Gasteiger partial charge on any atom is -0.493 e. The number of likely N-dealkylation sites (tertiary alicyclic amines) is 1. The number of para-hydroxylation sites is 1. The van der Waals surface area contributed by atoms with Crippen molar-refractivity contribution < 1.29 is 4.74 Å². The fraction of sp³-hybridized carbons (Fsp3) is 0.324. The maximum atomic E-state index is 6.24. The molecule has 2 aromatic heterocycles. The lowest BCUT2D eigenvalue weighted by Crippen LogP contribution is -2.38. The number of pyridine rings is 1. The van der Waals surface area contributed by atoms with Gasteiger partial charge in [-0.1, -0.05) is 42.5 Å². The molecule has 3 aromatic carbocycles. The third-order valence-electron chi connectivity index (χ3n) is 8.14. The predicted molar refractivity (Wildman–Crippen MR) is 168 cm³/mol. The molecule has 0 amide bonds. The highest BCUT2D eigenvalue weighted by Crippen LogP contribution is 2.26. The van der Waals surface area contributed by atoms with Crippen LogP contribution in [0.4, 0.5) is 11.5 Å². The Morgan fingerprint density at radius 3 is 2.59 bits per heavy atom. The van der Waals surface area contributed by atoms with E-state index in [1.165, 1.54) is 16.5 Å². The molecule has 0 aliphatic carbocycles. The molecule has 1 saturated heterocycles. The summed E-state index contributed by atoms with van der Waals surface area (Å²) in [6, 6.07) is 25.0. The zero-order valence-corrected chi connectivity index (χ0v) is 23.7. The zero-order chi connectivity index (χ0) is 27.9. The lowest BCUT2D eigenvalue weighted by atomic mass is 9.98. The van der Waals surface area contributed by atoms with E-state index in [2.05, 4.69) is 92.0 Å². The molecule has 1 aliphatic heterocycles. The molecule has 7 heteroatoms. The van der Waals surface area contributed by atoms with E-state index >= 15 is 0 Å². The van der Waals surface area contributed by atoms with Crippen molar-refractivity contribution in [2.75, 3.05) is 50.0 Å². The molecule has 7 nitrogen and oxygen atoms in total. The van der Waals surface area contributed by atoms with Gasteiger partial charge in [0.2, 0.25) is 0 Å². The van der Waals surface area contributed by atoms with Crippen LogP contribution in [0.25, 0.3) is 21.8 Å². The third kappa shape index (κ3) is 6.74. The van der Waals surface area contributed by atoms with Gasteiger partial charge >= 0.3 is 0 Å². The van der Waals surface area contributed by atoms with Crippen LogP contribution in [0, 0.1) is 12.8 Å². The van der Waals surface area contributed by atoms with Crippen molar-refractivity contribution in [1.29, 1.82) is 0 Å². The molecule has 0 atom stereocenters. The van der Waals surface area contributed by atoms with E-state index in [1.807, 2.05) is 24.4 Å². The summed E-state index contributed by atoms with van der Waals surface area (Å²) in [5.41, 5.74) is 5.77. The van der Waals surface area contributed by atoms with Crippen molar-refractivity contribution >= 4 is 33.3 Å². The van der Waals surface area contributed by atoms with Gasteiger partial charge < -0.3 is 20.3 Å². The standard InChI is InChI=1S/C34H38N6O/c1-25-6-2-3-7-27(25)12-16-37-34-30-11-10-28(22-33(30)38-24-39-34)41-23-26-14-19-40(20-15-26)21-18-36-32-13-17-35-31-9-5-4-8-29(31)32/h2-11,13,17,22,24,26H,12,14-16,18-21,23H2,1H3,(H,35,36)(H,37,38,39). The number of anilines is 2. The van der Waals surface area contributed by atoms with Gasteiger partial charge in [0, 0.05) is 48.4 Å². The minimum absolute atomic E-state index is 0.572. The molecular weight excluding hydrogens is 508 g/mol. The van der Waals surface area contributed by atoms with Crippen molar-refractivity contribution in [2.45, 2.75) is 26.2 Å². The highest BCUT2D eigenvalue weighted by atomic mass is 16.5. The Morgan fingerprint density at radius 2 is 1.68 bits per heavy atom. The zero-order valence-electron chi connectivity index (χ0n) is 23.7. The number of aromatic nitrogens is 3. The van der Waals surface area contributed by atoms with Crippen molar-refractivity contribution in [1.82, 2.24) is 19.9 Å². The molecule has 0 radical (unpaired) electrons. The summed E-state index contributed by atoms with van der Waals surface area (Å²) < 4.78 is 6.24. The number of ether oxygens (including phenoxy) is 1. The maximum Gasteiger partial charge on any atom is 0.137 e. The highest BCUT2D eigenvalue weighted by Gasteiger charge is 2.19. The Hall–Kier alpha value is -4.23. The van der Waals surface area contributed by atoms with Gasteiger partial charge in [-0.3, -0.25) is 4.98 Å². The number of nitrogens with one attached hydrogen (secondary N) is 2. The smallest absolute Gasteiger partial charge is 0.137 e. The predicted octanol–water partition coefficient (Wildman–Crippen LogP) is 6.34. The van der Waals surface area contributed by atoms with Gasteiger partial charge in [0.1, 0.15) is 17.9 Å². The van der Waals surface area contributed by atoms with E-state index in [0.717, 1.165) is 92.3 Å². The average Bonchev–Trinajstić information content (AvgIpc) is 3.02. The molecule has 210 valence electrons. The molecule has 2 N–H and O–H groups in total. The summed E-state index contributed by atoms with van der Waals surface area (Å²) in [5.74, 6) is 2.32. The molecule has 1 fully saturated rings. The topological polar surface area (TPSA) is 75.2 Å². The first-order valence-electron chi connectivity index (χ1n) is 14.7. The highest BCUT2D eigenvalue weighted by molar-refractivity contribution is 5.91. The summed E-state index contributed by atoms with van der Waals surface area (Å²) in [5, 5.41) is 9.31. The maximum absolute atomic E-state index is 6.24. The SMILES string of the molecule is Cc1ccccc1CCNc1ncnc2cc(OCC3CCN(CCNc4ccnc5ccccc45)CC3)ccc12. The van der Waals surface area contributed by atoms with Crippen LogP contribution in [0.1, 0.15) is 24.0 Å². The molecule has 0 spiro atoms. The largest absolute Gasteiger partial charge is 0.493 e. The summed E-state index contributed by atoms with van der Waals surface area (Å²) in [6.45, 7) is 7.90. The molecule has 0 unspecified atom stereocenters. The first-order valence-corrected chi connectivity index (χ1v) is 14.7. The quantitative estimate of drug-likeness (QED) is 0.200. The summed E-state index contributed by atoms with van der Waals surface area (Å²) in [7, 11) is 0. The molecule has 5 aromatic rings. The van der Waals surface area contributed by atoms with Crippen LogP contribution in [0.3, 0.4) is 0 Å². The van der Waals surface area contributed by atoms with Gasteiger partial charge in [0.05, 0.1) is 17.6 Å². The van der Waals surface area contributed by atoms with Gasteiger partial charge in [-0.15, -0.1) is 0 Å². The van der Waals surface area contributed by atoms with E-state index in [4.69, 9.17) is 4.74 Å². The van der Waals surface area contributed by atoms with Crippen molar-refractivity contribution in [2.24, 2.45) is 5.92 Å². The van der Waals surface area contributed by atoms with Crippen LogP contribution in [0.15, 0.2) is 85.3 Å². The molecule has 1 aliphatic rings. The summed E-state index contributed by atoms with van der Waals surface area (Å²) in [4.78, 5) is 16.0. The van der Waals surface area contributed by atoms with E-state index in [0.29, 0.717) is 5.92 Å². The Balaban J connectivity index is 0.950. The Morgan fingerprint density at radius 1 is 0.829 bits per heavy atom. The minimum atomic E-state index is 0.572. The number of benzene rings is 3. The second-order valence-electron chi connectivity index (χ2n) is 10.9. The Bertz CT molecular complexity index is 1590. The number of nitrogens with zero attached hydrogens (tertiary/aromatic N) is 4. The lowest BCUT2D eigenvalue weighted by molar-refractivity contribution is 0.145. The first-order chi connectivity index (χ1) is 20.2. The second-order valence-corrected chi connectivity index (χ2v) is 10.9. The number of piperidine rings is 1. The molecule has 6 rings (SSSR count). The molecule has 41 heavy (non-hydrogen) atoms. The van der Waals surface area contributed by atoms with Crippen LogP contribution in [-0.2, 0) is 6.42 Å². The van der Waals surface area contributed by atoms with Crippen LogP contribution < -0.4 is 15.4 Å². The van der Waals surface area contributed by atoms with Crippen molar-refractivity contribution in [3.05, 3.63) is 96.4 Å². The normalized spacial score (nSPS) is 14.4. The fourth-order valence-corrected chi connectivity index (χ4v) is 5.66. The van der Waals surface area contributed by atoms with Crippen LogP contribution >= 0.6 is 0 Å². The molecule has 0 saturated carbocycles. The van der Waals surface area contributed by atoms with Gasteiger partial charge in [-0.05, 0) is 80.6 Å². The summed E-state index contributed by atoms with van der Waals surface area (Å²) >= 11 is 0. The van der Waals surface area contributed by atoms with Crippen LogP contribution in [-0.4, -0.2) is 59.2 Å². The van der Waals surface area contributed by atoms with Crippen molar-refractivity contribution in [3.63, 3.8) is 0 Å². The van der Waals surface area contributed by atoms with E-state index in [9.17, 15) is 0 Å². The second kappa shape index (κ2) is 13.0. The third-order valence-corrected chi connectivity index (χ3v) is 8.14. The van der Waals surface area contributed by atoms with Gasteiger partial charge in [-0.25, -0.2) is 9.97 Å².